The molecular weight excluding hydrogens is 216 g/mol. The van der Waals surface area contributed by atoms with Crippen LogP contribution in [0.2, 0.25) is 0 Å². The minimum atomic E-state index is 0.222. The average Bonchev–Trinajstić information content (AvgIpc) is 2.71. The molecule has 18 heavy (non-hydrogen) atoms. The topological polar surface area (TPSA) is 0 Å². The van der Waals surface area contributed by atoms with Gasteiger partial charge < -0.3 is 0 Å². The molecule has 2 rings (SSSR count). The lowest BCUT2D eigenvalue weighted by Gasteiger charge is -2.18. The van der Waals surface area contributed by atoms with Crippen molar-refractivity contribution >= 4 is 5.57 Å². The summed E-state index contributed by atoms with van der Waals surface area (Å²) in [6.07, 6.45) is 4.67. The van der Waals surface area contributed by atoms with Crippen molar-refractivity contribution in [3.05, 3.63) is 64.8 Å². The predicted octanol–water partition coefficient (Wildman–Crippen LogP) is 5.39. The van der Waals surface area contributed by atoms with Crippen molar-refractivity contribution in [3.63, 3.8) is 0 Å². The van der Waals surface area contributed by atoms with E-state index in [1.807, 2.05) is 0 Å². The first-order valence-corrected chi connectivity index (χ1v) is 6.57. The summed E-state index contributed by atoms with van der Waals surface area (Å²) in [4.78, 5) is 0. The second-order valence-electron chi connectivity index (χ2n) is 6.08. The van der Waals surface area contributed by atoms with Crippen LogP contribution in [0.25, 0.3) is 5.57 Å². The molecule has 0 amide bonds. The molecule has 0 unspecified atom stereocenters. The largest absolute Gasteiger partial charge is 0.0622 e. The molecule has 0 bridgehead atoms. The minimum Gasteiger partial charge on any atom is -0.0622 e. The molecule has 0 atom stereocenters. The third-order valence-corrected chi connectivity index (χ3v) is 3.57. The number of allylic oxidation sites excluding steroid dienone is 6. The smallest absolute Gasteiger partial charge is 0.0132 e. The third-order valence-electron chi connectivity index (χ3n) is 3.57. The van der Waals surface area contributed by atoms with Crippen LogP contribution in [-0.4, -0.2) is 0 Å². The zero-order valence-electron chi connectivity index (χ0n) is 12.0. The quantitative estimate of drug-likeness (QED) is 0.615. The predicted molar refractivity (Wildman–Crippen MR) is 80.3 cm³/mol. The van der Waals surface area contributed by atoms with Gasteiger partial charge in [0.15, 0.2) is 0 Å². The van der Waals surface area contributed by atoms with Crippen molar-refractivity contribution in [2.45, 2.75) is 34.6 Å². The van der Waals surface area contributed by atoms with E-state index in [9.17, 15) is 0 Å². The van der Waals surface area contributed by atoms with Crippen LogP contribution < -0.4 is 0 Å². The van der Waals surface area contributed by atoms with Crippen molar-refractivity contribution in [2.75, 3.05) is 0 Å². The van der Waals surface area contributed by atoms with Gasteiger partial charge in [0.1, 0.15) is 0 Å². The second-order valence-corrected chi connectivity index (χ2v) is 6.08. The highest BCUT2D eigenvalue weighted by Crippen LogP contribution is 2.37. The monoisotopic (exact) mass is 238 g/mol. The minimum absolute atomic E-state index is 0.222. The van der Waals surface area contributed by atoms with E-state index in [1.54, 1.807) is 0 Å². The van der Waals surface area contributed by atoms with Crippen LogP contribution in [0.4, 0.5) is 0 Å². The van der Waals surface area contributed by atoms with Gasteiger partial charge >= 0.3 is 0 Å². The molecular formula is C18H22. The summed E-state index contributed by atoms with van der Waals surface area (Å²) in [6.45, 7) is 11.2. The Morgan fingerprint density at radius 1 is 0.944 bits per heavy atom. The van der Waals surface area contributed by atoms with Crippen molar-refractivity contribution in [3.8, 4) is 0 Å². The lowest BCUT2D eigenvalue weighted by Crippen LogP contribution is -2.05. The first-order chi connectivity index (χ1) is 8.39. The standard InChI is InChI=1S/C18H22/c1-13-11-16(18(3,4)5)12-17(13)14(2)15-9-7-6-8-10-15/h6-12H,1-5H3. The summed E-state index contributed by atoms with van der Waals surface area (Å²) in [6, 6.07) is 10.6. The molecule has 0 N–H and O–H groups in total. The maximum Gasteiger partial charge on any atom is -0.0132 e. The first kappa shape index (κ1) is 12.9. The maximum atomic E-state index is 2.34. The molecule has 0 aromatic heterocycles. The van der Waals surface area contributed by atoms with Gasteiger partial charge in [0.2, 0.25) is 0 Å². The zero-order chi connectivity index (χ0) is 13.3. The van der Waals surface area contributed by atoms with E-state index in [-0.39, 0.29) is 5.41 Å². The van der Waals surface area contributed by atoms with E-state index >= 15 is 0 Å². The Labute approximate surface area is 111 Å². The zero-order valence-corrected chi connectivity index (χ0v) is 12.0. The van der Waals surface area contributed by atoms with Crippen LogP contribution in [0.15, 0.2) is 59.2 Å². The molecule has 0 heterocycles. The molecule has 0 radical (unpaired) electrons. The number of benzene rings is 1. The van der Waals surface area contributed by atoms with Crippen molar-refractivity contribution < 1.29 is 0 Å². The van der Waals surface area contributed by atoms with Crippen LogP contribution in [0.1, 0.15) is 40.2 Å². The highest BCUT2D eigenvalue weighted by Gasteiger charge is 2.21. The highest BCUT2D eigenvalue weighted by molar-refractivity contribution is 5.76. The van der Waals surface area contributed by atoms with Crippen molar-refractivity contribution in [2.24, 2.45) is 5.41 Å². The summed E-state index contributed by atoms with van der Waals surface area (Å²) in [7, 11) is 0. The molecule has 0 spiro atoms. The molecule has 1 aromatic rings. The van der Waals surface area contributed by atoms with Crippen LogP contribution in [-0.2, 0) is 0 Å². The summed E-state index contributed by atoms with van der Waals surface area (Å²) >= 11 is 0. The molecule has 0 aliphatic heterocycles. The molecule has 1 aliphatic rings. The van der Waals surface area contributed by atoms with Gasteiger partial charge in [-0.05, 0) is 47.1 Å². The van der Waals surface area contributed by atoms with Gasteiger partial charge in [-0.2, -0.15) is 0 Å². The number of hydrogen-bond donors (Lipinski definition) is 0. The summed E-state index contributed by atoms with van der Waals surface area (Å²) in [5, 5.41) is 0. The SMILES string of the molecule is CC1=CC(C(C)(C)C)=CC1=C(C)c1ccccc1. The average molecular weight is 238 g/mol. The highest BCUT2D eigenvalue weighted by atomic mass is 14.3. The molecule has 1 aliphatic carbocycles. The lowest BCUT2D eigenvalue weighted by atomic mass is 9.87. The Balaban J connectivity index is 2.47. The van der Waals surface area contributed by atoms with Gasteiger partial charge in [-0.15, -0.1) is 0 Å². The second kappa shape index (κ2) is 4.61. The first-order valence-electron chi connectivity index (χ1n) is 6.57. The molecule has 0 nitrogen and oxygen atoms in total. The van der Waals surface area contributed by atoms with Crippen LogP contribution in [0, 0.1) is 5.41 Å². The van der Waals surface area contributed by atoms with E-state index in [0.29, 0.717) is 0 Å². The third kappa shape index (κ3) is 2.48. The fraction of sp³-hybridized carbons (Fsp3) is 0.333. The van der Waals surface area contributed by atoms with Crippen molar-refractivity contribution in [1.82, 2.24) is 0 Å². The van der Waals surface area contributed by atoms with E-state index in [1.165, 1.54) is 27.9 Å². The van der Waals surface area contributed by atoms with E-state index < -0.39 is 0 Å². The summed E-state index contributed by atoms with van der Waals surface area (Å²) in [5.41, 5.74) is 7.08. The Kier molecular flexibility index (Phi) is 3.30. The normalized spacial score (nSPS) is 18.5. The van der Waals surface area contributed by atoms with E-state index in [0.717, 1.165) is 0 Å². The Bertz CT molecular complexity index is 531. The van der Waals surface area contributed by atoms with Crippen LogP contribution >= 0.6 is 0 Å². The summed E-state index contributed by atoms with van der Waals surface area (Å²) in [5.74, 6) is 0. The van der Waals surface area contributed by atoms with Crippen LogP contribution in [0.3, 0.4) is 0 Å². The van der Waals surface area contributed by atoms with Gasteiger partial charge in [0.25, 0.3) is 0 Å². The molecule has 0 saturated heterocycles. The fourth-order valence-corrected chi connectivity index (χ4v) is 2.30. The maximum absolute atomic E-state index is 2.34. The van der Waals surface area contributed by atoms with Crippen LogP contribution in [0.5, 0.6) is 0 Å². The fourth-order valence-electron chi connectivity index (χ4n) is 2.30. The molecule has 0 fully saturated rings. The van der Waals surface area contributed by atoms with Gasteiger partial charge in [-0.3, -0.25) is 0 Å². The van der Waals surface area contributed by atoms with E-state index in [4.69, 9.17) is 0 Å². The van der Waals surface area contributed by atoms with Crippen molar-refractivity contribution in [1.29, 1.82) is 0 Å². The lowest BCUT2D eigenvalue weighted by molar-refractivity contribution is 0.518. The van der Waals surface area contributed by atoms with E-state index in [2.05, 4.69) is 77.1 Å². The molecule has 0 saturated carbocycles. The Hall–Kier alpha value is -1.56. The molecule has 0 heteroatoms. The Morgan fingerprint density at radius 3 is 2.06 bits per heavy atom. The number of hydrogen-bond acceptors (Lipinski definition) is 0. The number of rotatable bonds is 1. The van der Waals surface area contributed by atoms with Gasteiger partial charge in [0, 0.05) is 0 Å². The van der Waals surface area contributed by atoms with Gasteiger partial charge in [-0.1, -0.05) is 63.3 Å². The van der Waals surface area contributed by atoms with Gasteiger partial charge in [-0.25, -0.2) is 0 Å². The summed E-state index contributed by atoms with van der Waals surface area (Å²) < 4.78 is 0. The van der Waals surface area contributed by atoms with Gasteiger partial charge in [0.05, 0.1) is 0 Å². The Morgan fingerprint density at radius 2 is 1.56 bits per heavy atom. The molecule has 1 aromatic carbocycles. The molecule has 94 valence electrons.